The standard InChI is InChI=1S/C22H29N3O3/c26-21(25-10-12-28-13-11-25)8-7-17-4-3-9-24(15-17)16-19-14-18-5-1-2-6-20(18)23-22(19)27/h1-2,5-6,14,17H,3-4,7-13,15-16H2,(H,23,27)/t17-/m0/s1. The van der Waals surface area contributed by atoms with Crippen LogP contribution in [0.15, 0.2) is 35.1 Å². The molecule has 2 fully saturated rings. The van der Waals surface area contributed by atoms with E-state index in [1.807, 2.05) is 35.2 Å². The number of hydrogen-bond donors (Lipinski definition) is 1. The lowest BCUT2D eigenvalue weighted by atomic mass is 9.93. The molecule has 0 unspecified atom stereocenters. The van der Waals surface area contributed by atoms with Crippen LogP contribution in [0.1, 0.15) is 31.2 Å². The fourth-order valence-electron chi connectivity index (χ4n) is 4.38. The van der Waals surface area contributed by atoms with Gasteiger partial charge < -0.3 is 14.6 Å². The molecule has 3 heterocycles. The number of fused-ring (bicyclic) bond motifs is 1. The van der Waals surface area contributed by atoms with Gasteiger partial charge in [-0.1, -0.05) is 18.2 Å². The molecule has 0 spiro atoms. The van der Waals surface area contributed by atoms with Crippen LogP contribution in [0, 0.1) is 5.92 Å². The van der Waals surface area contributed by atoms with Crippen molar-refractivity contribution in [1.29, 1.82) is 0 Å². The molecule has 2 aliphatic heterocycles. The number of para-hydroxylation sites is 1. The summed E-state index contributed by atoms with van der Waals surface area (Å²) in [6, 6.07) is 9.91. The largest absolute Gasteiger partial charge is 0.378 e. The third-order valence-corrected chi connectivity index (χ3v) is 5.96. The Labute approximate surface area is 165 Å². The molecule has 1 atom stereocenters. The van der Waals surface area contributed by atoms with Gasteiger partial charge in [-0.05, 0) is 49.2 Å². The summed E-state index contributed by atoms with van der Waals surface area (Å²) in [7, 11) is 0. The van der Waals surface area contributed by atoms with E-state index in [1.54, 1.807) is 0 Å². The number of pyridine rings is 1. The van der Waals surface area contributed by atoms with Gasteiger partial charge in [-0.15, -0.1) is 0 Å². The van der Waals surface area contributed by atoms with Crippen molar-refractivity contribution in [2.75, 3.05) is 39.4 Å². The van der Waals surface area contributed by atoms with Crippen molar-refractivity contribution in [1.82, 2.24) is 14.8 Å². The summed E-state index contributed by atoms with van der Waals surface area (Å²) in [5, 5.41) is 1.07. The van der Waals surface area contributed by atoms with E-state index in [0.29, 0.717) is 32.1 Å². The molecule has 6 nitrogen and oxygen atoms in total. The lowest BCUT2D eigenvalue weighted by Crippen LogP contribution is -2.41. The van der Waals surface area contributed by atoms with E-state index in [2.05, 4.69) is 9.88 Å². The van der Waals surface area contributed by atoms with Gasteiger partial charge in [0.1, 0.15) is 0 Å². The first-order valence-electron chi connectivity index (χ1n) is 10.4. The van der Waals surface area contributed by atoms with Gasteiger partial charge >= 0.3 is 0 Å². The van der Waals surface area contributed by atoms with Gasteiger partial charge in [0.05, 0.1) is 13.2 Å². The van der Waals surface area contributed by atoms with Crippen molar-refractivity contribution in [2.45, 2.75) is 32.2 Å². The van der Waals surface area contributed by atoms with Gasteiger partial charge in [-0.25, -0.2) is 0 Å². The summed E-state index contributed by atoms with van der Waals surface area (Å²) in [6.07, 6.45) is 3.85. The number of aromatic nitrogens is 1. The van der Waals surface area contributed by atoms with E-state index in [-0.39, 0.29) is 11.5 Å². The number of likely N-dealkylation sites (tertiary alicyclic amines) is 1. The van der Waals surface area contributed by atoms with E-state index in [0.717, 1.165) is 55.5 Å². The maximum atomic E-state index is 12.4. The Hall–Kier alpha value is -2.18. The monoisotopic (exact) mass is 383 g/mol. The molecular weight excluding hydrogens is 354 g/mol. The lowest BCUT2D eigenvalue weighted by Gasteiger charge is -2.33. The molecule has 2 aromatic rings. The second-order valence-electron chi connectivity index (χ2n) is 7.99. The van der Waals surface area contributed by atoms with Gasteiger partial charge in [0, 0.05) is 43.7 Å². The third-order valence-electron chi connectivity index (χ3n) is 5.96. The highest BCUT2D eigenvalue weighted by molar-refractivity contribution is 5.78. The number of aromatic amines is 1. The highest BCUT2D eigenvalue weighted by Gasteiger charge is 2.23. The van der Waals surface area contributed by atoms with Crippen molar-refractivity contribution in [3.63, 3.8) is 0 Å². The summed E-state index contributed by atoms with van der Waals surface area (Å²) < 4.78 is 5.32. The Morgan fingerprint density at radius 1 is 1.18 bits per heavy atom. The van der Waals surface area contributed by atoms with Crippen LogP contribution < -0.4 is 5.56 Å². The van der Waals surface area contributed by atoms with E-state index in [9.17, 15) is 9.59 Å². The smallest absolute Gasteiger partial charge is 0.252 e. The zero-order chi connectivity index (χ0) is 19.3. The number of carbonyl (C=O) groups is 1. The zero-order valence-corrected chi connectivity index (χ0v) is 16.4. The Morgan fingerprint density at radius 2 is 2.00 bits per heavy atom. The van der Waals surface area contributed by atoms with Gasteiger partial charge in [0.15, 0.2) is 0 Å². The number of rotatable bonds is 5. The number of ether oxygens (including phenoxy) is 1. The first-order valence-corrected chi connectivity index (χ1v) is 10.4. The van der Waals surface area contributed by atoms with Crippen LogP contribution in [0.2, 0.25) is 0 Å². The number of amides is 1. The molecule has 6 heteroatoms. The fraction of sp³-hybridized carbons (Fsp3) is 0.545. The Morgan fingerprint density at radius 3 is 2.86 bits per heavy atom. The minimum atomic E-state index is 0.00307. The van der Waals surface area contributed by atoms with Crippen molar-refractivity contribution >= 4 is 16.8 Å². The Bertz CT molecular complexity index is 873. The van der Waals surface area contributed by atoms with Gasteiger partial charge in [0.25, 0.3) is 5.56 Å². The first-order chi connectivity index (χ1) is 13.7. The molecule has 0 aliphatic carbocycles. The zero-order valence-electron chi connectivity index (χ0n) is 16.4. The Balaban J connectivity index is 1.33. The average molecular weight is 383 g/mol. The van der Waals surface area contributed by atoms with Crippen LogP contribution in [0.4, 0.5) is 0 Å². The maximum Gasteiger partial charge on any atom is 0.252 e. The number of carbonyl (C=O) groups excluding carboxylic acids is 1. The SMILES string of the molecule is O=C(CC[C@@H]1CCCN(Cc2cc3ccccc3[nH]c2=O)C1)N1CCOCC1. The minimum absolute atomic E-state index is 0.00307. The number of benzene rings is 1. The number of hydrogen-bond acceptors (Lipinski definition) is 4. The molecular formula is C22H29N3O3. The van der Waals surface area contributed by atoms with Crippen LogP contribution in [-0.4, -0.2) is 60.1 Å². The van der Waals surface area contributed by atoms with Crippen molar-refractivity contribution in [2.24, 2.45) is 5.92 Å². The number of nitrogens with zero attached hydrogens (tertiary/aromatic N) is 2. The predicted molar refractivity (Wildman–Crippen MR) is 109 cm³/mol. The molecule has 150 valence electrons. The van der Waals surface area contributed by atoms with Crippen molar-refractivity contribution < 1.29 is 9.53 Å². The third kappa shape index (κ3) is 4.62. The molecule has 1 N–H and O–H groups in total. The molecule has 28 heavy (non-hydrogen) atoms. The highest BCUT2D eigenvalue weighted by atomic mass is 16.5. The van der Waals surface area contributed by atoms with E-state index < -0.39 is 0 Å². The predicted octanol–water partition coefficient (Wildman–Crippen LogP) is 2.38. The van der Waals surface area contributed by atoms with E-state index in [1.165, 1.54) is 6.42 Å². The van der Waals surface area contributed by atoms with Crippen LogP contribution in [0.5, 0.6) is 0 Å². The van der Waals surface area contributed by atoms with Gasteiger partial charge in [-0.2, -0.15) is 0 Å². The topological polar surface area (TPSA) is 65.6 Å². The molecule has 0 saturated carbocycles. The Kier molecular flexibility index (Phi) is 6.07. The molecule has 1 aromatic heterocycles. The second-order valence-corrected chi connectivity index (χ2v) is 7.99. The molecule has 1 amide bonds. The van der Waals surface area contributed by atoms with Crippen LogP contribution in [0.3, 0.4) is 0 Å². The minimum Gasteiger partial charge on any atom is -0.378 e. The average Bonchev–Trinajstić information content (AvgIpc) is 2.73. The summed E-state index contributed by atoms with van der Waals surface area (Å²) >= 11 is 0. The lowest BCUT2D eigenvalue weighted by molar-refractivity contribution is -0.135. The van der Waals surface area contributed by atoms with E-state index >= 15 is 0 Å². The summed E-state index contributed by atoms with van der Waals surface area (Å²) in [5.41, 5.74) is 1.71. The number of morpholine rings is 1. The summed E-state index contributed by atoms with van der Waals surface area (Å²) in [6.45, 7) is 5.41. The second kappa shape index (κ2) is 8.88. The van der Waals surface area contributed by atoms with Gasteiger partial charge in [0.2, 0.25) is 5.91 Å². The summed E-state index contributed by atoms with van der Waals surface area (Å²) in [4.78, 5) is 32.1. The fourth-order valence-corrected chi connectivity index (χ4v) is 4.38. The van der Waals surface area contributed by atoms with Crippen molar-refractivity contribution in [3.8, 4) is 0 Å². The molecule has 1 aromatic carbocycles. The highest BCUT2D eigenvalue weighted by Crippen LogP contribution is 2.23. The number of piperidine rings is 1. The molecule has 2 saturated heterocycles. The maximum absolute atomic E-state index is 12.4. The van der Waals surface area contributed by atoms with Gasteiger partial charge in [-0.3, -0.25) is 14.5 Å². The van der Waals surface area contributed by atoms with Crippen molar-refractivity contribution in [3.05, 3.63) is 46.2 Å². The molecule has 2 aliphatic rings. The number of H-pyrrole nitrogens is 1. The molecule has 0 bridgehead atoms. The van der Waals surface area contributed by atoms with E-state index in [4.69, 9.17) is 4.74 Å². The van der Waals surface area contributed by atoms with Crippen LogP contribution in [-0.2, 0) is 16.1 Å². The van der Waals surface area contributed by atoms with Crippen LogP contribution >= 0.6 is 0 Å². The molecule has 0 radical (unpaired) electrons. The number of nitrogens with one attached hydrogen (secondary N) is 1. The van der Waals surface area contributed by atoms with Crippen LogP contribution in [0.25, 0.3) is 10.9 Å². The first kappa shape index (κ1) is 19.2. The quantitative estimate of drug-likeness (QED) is 0.861. The normalized spacial score (nSPS) is 21.1. The summed E-state index contributed by atoms with van der Waals surface area (Å²) in [5.74, 6) is 0.782. The molecule has 4 rings (SSSR count).